The quantitative estimate of drug-likeness (QED) is 0.710. The average molecular weight is 470 g/mol. The molecule has 2 aromatic rings. The van der Waals surface area contributed by atoms with Crippen molar-refractivity contribution in [3.05, 3.63) is 39.8 Å². The van der Waals surface area contributed by atoms with Gasteiger partial charge in [-0.3, -0.25) is 9.59 Å². The number of amides is 2. The number of likely N-dealkylation sites (tertiary alicyclic amines) is 1. The first-order valence-electron chi connectivity index (χ1n) is 11.6. The SMILES string of the molecule is CC1(C)C(C(=O)N2CCC(c3nc(C(=O)NCc4ccc5c(c4)OCO5)cs3)CC2)C1(C)C. The van der Waals surface area contributed by atoms with Crippen LogP contribution in [0, 0.1) is 16.7 Å². The smallest absolute Gasteiger partial charge is 0.271 e. The minimum Gasteiger partial charge on any atom is -0.454 e. The molecule has 0 bridgehead atoms. The molecule has 33 heavy (non-hydrogen) atoms. The number of piperidine rings is 1. The molecule has 3 aliphatic rings. The molecule has 176 valence electrons. The fourth-order valence-corrected chi connectivity index (χ4v) is 6.22. The summed E-state index contributed by atoms with van der Waals surface area (Å²) < 4.78 is 10.7. The zero-order valence-electron chi connectivity index (χ0n) is 19.6. The van der Waals surface area contributed by atoms with Crippen LogP contribution in [0.1, 0.15) is 67.5 Å². The van der Waals surface area contributed by atoms with Gasteiger partial charge >= 0.3 is 0 Å². The number of fused-ring (bicyclic) bond motifs is 1. The molecule has 3 heterocycles. The van der Waals surface area contributed by atoms with Crippen molar-refractivity contribution in [1.82, 2.24) is 15.2 Å². The Morgan fingerprint density at radius 3 is 2.52 bits per heavy atom. The first kappa shape index (κ1) is 22.2. The molecular weight excluding hydrogens is 438 g/mol. The maximum atomic E-state index is 13.0. The summed E-state index contributed by atoms with van der Waals surface area (Å²) in [7, 11) is 0. The van der Waals surface area contributed by atoms with Gasteiger partial charge in [-0.1, -0.05) is 33.8 Å². The van der Waals surface area contributed by atoms with E-state index < -0.39 is 0 Å². The number of nitrogens with one attached hydrogen (secondary N) is 1. The van der Waals surface area contributed by atoms with Crippen LogP contribution in [0.4, 0.5) is 0 Å². The van der Waals surface area contributed by atoms with Crippen molar-refractivity contribution in [3.63, 3.8) is 0 Å². The predicted octanol–water partition coefficient (Wildman–Crippen LogP) is 4.19. The molecule has 0 spiro atoms. The summed E-state index contributed by atoms with van der Waals surface area (Å²) >= 11 is 1.54. The standard InChI is InChI=1S/C25H31N3O4S/c1-24(2)20(25(24,3)4)23(30)28-9-7-16(8-10-28)22-27-17(13-33-22)21(29)26-12-15-5-6-18-19(11-15)32-14-31-18/h5-6,11,13,16,20H,7-10,12,14H2,1-4H3,(H,26,29). The highest BCUT2D eigenvalue weighted by Crippen LogP contribution is 2.68. The fourth-order valence-electron chi connectivity index (χ4n) is 5.25. The van der Waals surface area contributed by atoms with Gasteiger partial charge in [0.1, 0.15) is 5.69 Å². The summed E-state index contributed by atoms with van der Waals surface area (Å²) in [5.74, 6) is 1.96. The van der Waals surface area contributed by atoms with Crippen molar-refractivity contribution < 1.29 is 19.1 Å². The molecule has 0 unspecified atom stereocenters. The highest BCUT2D eigenvalue weighted by atomic mass is 32.1. The van der Waals surface area contributed by atoms with Gasteiger partial charge in [-0.25, -0.2) is 4.98 Å². The third-order valence-electron chi connectivity index (χ3n) is 8.07. The minimum atomic E-state index is -0.180. The monoisotopic (exact) mass is 469 g/mol. The van der Waals surface area contributed by atoms with Crippen molar-refractivity contribution >= 4 is 23.2 Å². The Morgan fingerprint density at radius 1 is 1.12 bits per heavy atom. The summed E-state index contributed by atoms with van der Waals surface area (Å²) in [6.07, 6.45) is 1.79. The van der Waals surface area contributed by atoms with Crippen LogP contribution in [0.3, 0.4) is 0 Å². The third-order valence-corrected chi connectivity index (χ3v) is 9.08. The minimum absolute atomic E-state index is 0.0686. The Balaban J connectivity index is 1.14. The summed E-state index contributed by atoms with van der Waals surface area (Å²) in [6.45, 7) is 10.9. The van der Waals surface area contributed by atoms with Gasteiger partial charge in [0, 0.05) is 36.9 Å². The highest BCUT2D eigenvalue weighted by Gasteiger charge is 2.68. The molecule has 1 aliphatic carbocycles. The number of hydrogen-bond donors (Lipinski definition) is 1. The second-order valence-electron chi connectivity index (χ2n) is 10.4. The summed E-state index contributed by atoms with van der Waals surface area (Å²) in [5.41, 5.74) is 1.54. The highest BCUT2D eigenvalue weighted by molar-refractivity contribution is 7.09. The van der Waals surface area contributed by atoms with Crippen LogP contribution in [-0.2, 0) is 11.3 Å². The normalized spacial score (nSPS) is 21.2. The summed E-state index contributed by atoms with van der Waals surface area (Å²) in [5, 5.41) is 5.75. The summed E-state index contributed by atoms with van der Waals surface area (Å²) in [6, 6.07) is 5.65. The third kappa shape index (κ3) is 3.88. The molecule has 7 nitrogen and oxygen atoms in total. The number of hydrogen-bond acceptors (Lipinski definition) is 6. The van der Waals surface area contributed by atoms with Gasteiger partial charge in [0.05, 0.1) is 5.01 Å². The lowest BCUT2D eigenvalue weighted by atomic mass is 9.96. The number of nitrogens with zero attached hydrogens (tertiary/aromatic N) is 2. The molecule has 1 aromatic heterocycles. The van der Waals surface area contributed by atoms with Crippen LogP contribution < -0.4 is 14.8 Å². The lowest BCUT2D eigenvalue weighted by molar-refractivity contribution is -0.134. The predicted molar refractivity (Wildman–Crippen MR) is 125 cm³/mol. The molecule has 2 amide bonds. The van der Waals surface area contributed by atoms with Gasteiger partial charge in [0.25, 0.3) is 5.91 Å². The van der Waals surface area contributed by atoms with E-state index in [4.69, 9.17) is 9.47 Å². The molecule has 1 aromatic carbocycles. The van der Waals surface area contributed by atoms with Crippen molar-refractivity contribution in [1.29, 1.82) is 0 Å². The Morgan fingerprint density at radius 2 is 1.82 bits per heavy atom. The molecular formula is C25H31N3O4S. The Bertz CT molecular complexity index is 1070. The average Bonchev–Trinajstić information content (AvgIpc) is 3.30. The number of carbonyl (C=O) groups is 2. The molecule has 2 aliphatic heterocycles. The number of thiazole rings is 1. The van der Waals surface area contributed by atoms with E-state index in [-0.39, 0.29) is 29.4 Å². The van der Waals surface area contributed by atoms with E-state index in [1.165, 1.54) is 11.3 Å². The Labute approximate surface area is 198 Å². The first-order valence-corrected chi connectivity index (χ1v) is 12.5. The second-order valence-corrected chi connectivity index (χ2v) is 11.3. The number of carbonyl (C=O) groups excluding carboxylic acids is 2. The van der Waals surface area contributed by atoms with E-state index in [1.54, 1.807) is 0 Å². The van der Waals surface area contributed by atoms with Crippen molar-refractivity contribution in [2.24, 2.45) is 16.7 Å². The fraction of sp³-hybridized carbons (Fsp3) is 0.560. The van der Waals surface area contributed by atoms with E-state index in [0.717, 1.165) is 42.3 Å². The van der Waals surface area contributed by atoms with Crippen LogP contribution >= 0.6 is 11.3 Å². The molecule has 1 saturated carbocycles. The van der Waals surface area contributed by atoms with Gasteiger partial charge in [-0.15, -0.1) is 11.3 Å². The zero-order valence-corrected chi connectivity index (χ0v) is 20.5. The van der Waals surface area contributed by atoms with Crippen molar-refractivity contribution in [2.45, 2.75) is 53.0 Å². The Hall–Kier alpha value is -2.61. The Kier molecular flexibility index (Phi) is 5.39. The second kappa shape index (κ2) is 8.01. The molecule has 0 radical (unpaired) electrons. The maximum absolute atomic E-state index is 13.0. The van der Waals surface area contributed by atoms with E-state index in [1.807, 2.05) is 28.5 Å². The number of benzene rings is 1. The number of ether oxygens (including phenoxy) is 2. The van der Waals surface area contributed by atoms with E-state index >= 15 is 0 Å². The van der Waals surface area contributed by atoms with E-state index in [9.17, 15) is 9.59 Å². The van der Waals surface area contributed by atoms with Crippen LogP contribution in [0.2, 0.25) is 0 Å². The van der Waals surface area contributed by atoms with Gasteiger partial charge in [-0.2, -0.15) is 0 Å². The molecule has 8 heteroatoms. The van der Waals surface area contributed by atoms with Crippen LogP contribution in [0.5, 0.6) is 11.5 Å². The largest absolute Gasteiger partial charge is 0.454 e. The van der Waals surface area contributed by atoms with Gasteiger partial charge in [-0.05, 0) is 41.4 Å². The molecule has 5 rings (SSSR count). The van der Waals surface area contributed by atoms with Crippen LogP contribution in [0.25, 0.3) is 0 Å². The van der Waals surface area contributed by atoms with Gasteiger partial charge in [0.15, 0.2) is 11.5 Å². The lowest BCUT2D eigenvalue weighted by Crippen LogP contribution is -2.40. The van der Waals surface area contributed by atoms with Gasteiger partial charge in [0.2, 0.25) is 12.7 Å². The van der Waals surface area contributed by atoms with Crippen LogP contribution in [-0.4, -0.2) is 41.6 Å². The number of aromatic nitrogens is 1. The van der Waals surface area contributed by atoms with Crippen LogP contribution in [0.15, 0.2) is 23.6 Å². The number of rotatable bonds is 5. The maximum Gasteiger partial charge on any atom is 0.271 e. The lowest BCUT2D eigenvalue weighted by Gasteiger charge is -2.31. The molecule has 2 fully saturated rings. The topological polar surface area (TPSA) is 80.8 Å². The van der Waals surface area contributed by atoms with Gasteiger partial charge < -0.3 is 19.7 Å². The zero-order chi connectivity index (χ0) is 23.4. The molecule has 1 N–H and O–H groups in total. The van der Waals surface area contributed by atoms with E-state index in [2.05, 4.69) is 38.0 Å². The summed E-state index contributed by atoms with van der Waals surface area (Å²) in [4.78, 5) is 32.3. The first-order chi connectivity index (χ1) is 15.7. The molecule has 1 saturated heterocycles. The molecule has 0 atom stereocenters. The van der Waals surface area contributed by atoms with Crippen molar-refractivity contribution in [2.75, 3.05) is 19.9 Å². The van der Waals surface area contributed by atoms with E-state index in [0.29, 0.717) is 29.8 Å². The van der Waals surface area contributed by atoms with Crippen molar-refractivity contribution in [3.8, 4) is 11.5 Å².